The second-order valence-corrected chi connectivity index (χ2v) is 5.18. The number of aromatic amines is 1. The molecule has 0 aliphatic carbocycles. The fourth-order valence-corrected chi connectivity index (χ4v) is 1.55. The molecule has 108 valence electrons. The third kappa shape index (κ3) is 3.81. The van der Waals surface area contributed by atoms with Gasteiger partial charge < -0.3 is 20.4 Å². The van der Waals surface area contributed by atoms with Crippen LogP contribution in [0.3, 0.4) is 0 Å². The first-order valence-electron chi connectivity index (χ1n) is 6.30. The Labute approximate surface area is 116 Å². The predicted molar refractivity (Wildman–Crippen MR) is 74.4 cm³/mol. The van der Waals surface area contributed by atoms with Crippen LogP contribution in [0.2, 0.25) is 0 Å². The SMILES string of the molecule is CC(C)(C)OC(=O)NCCNc1ncnc2[nH]cnc12. The van der Waals surface area contributed by atoms with Crippen LogP contribution in [0.5, 0.6) is 0 Å². The normalized spacial score (nSPS) is 11.3. The average molecular weight is 278 g/mol. The van der Waals surface area contributed by atoms with Crippen molar-refractivity contribution < 1.29 is 9.53 Å². The van der Waals surface area contributed by atoms with E-state index in [9.17, 15) is 4.79 Å². The van der Waals surface area contributed by atoms with Gasteiger partial charge in [0.25, 0.3) is 0 Å². The van der Waals surface area contributed by atoms with Crippen LogP contribution in [0.15, 0.2) is 12.7 Å². The van der Waals surface area contributed by atoms with Crippen LogP contribution >= 0.6 is 0 Å². The first-order valence-corrected chi connectivity index (χ1v) is 6.30. The summed E-state index contributed by atoms with van der Waals surface area (Å²) < 4.78 is 5.13. The summed E-state index contributed by atoms with van der Waals surface area (Å²) in [6, 6.07) is 0. The summed E-state index contributed by atoms with van der Waals surface area (Å²) in [5.74, 6) is 0.627. The Bertz CT molecular complexity index is 589. The van der Waals surface area contributed by atoms with Crippen LogP contribution in [0.25, 0.3) is 11.2 Å². The predicted octanol–water partition coefficient (Wildman–Crippen LogP) is 1.29. The molecule has 20 heavy (non-hydrogen) atoms. The number of carbonyl (C=O) groups excluding carboxylic acids is 1. The molecule has 0 unspecified atom stereocenters. The topological polar surface area (TPSA) is 105 Å². The molecule has 0 radical (unpaired) electrons. The van der Waals surface area contributed by atoms with Crippen molar-refractivity contribution in [1.29, 1.82) is 0 Å². The second-order valence-electron chi connectivity index (χ2n) is 5.18. The fraction of sp³-hybridized carbons (Fsp3) is 0.500. The number of aromatic nitrogens is 4. The van der Waals surface area contributed by atoms with Gasteiger partial charge in [-0.25, -0.2) is 19.7 Å². The lowest BCUT2D eigenvalue weighted by molar-refractivity contribution is 0.0530. The Morgan fingerprint density at radius 3 is 2.85 bits per heavy atom. The van der Waals surface area contributed by atoms with E-state index >= 15 is 0 Å². The Morgan fingerprint density at radius 1 is 1.30 bits per heavy atom. The number of hydrogen-bond acceptors (Lipinski definition) is 6. The van der Waals surface area contributed by atoms with E-state index < -0.39 is 11.7 Å². The largest absolute Gasteiger partial charge is 0.444 e. The zero-order valence-corrected chi connectivity index (χ0v) is 11.7. The molecule has 8 heteroatoms. The molecule has 0 fully saturated rings. The van der Waals surface area contributed by atoms with Gasteiger partial charge in [0.1, 0.15) is 17.4 Å². The number of alkyl carbamates (subject to hydrolysis) is 1. The number of hydrogen-bond donors (Lipinski definition) is 3. The van der Waals surface area contributed by atoms with Crippen molar-refractivity contribution in [3.05, 3.63) is 12.7 Å². The molecule has 2 aromatic rings. The van der Waals surface area contributed by atoms with Crippen molar-refractivity contribution in [1.82, 2.24) is 25.3 Å². The first kappa shape index (κ1) is 14.0. The van der Waals surface area contributed by atoms with Gasteiger partial charge >= 0.3 is 6.09 Å². The zero-order valence-electron chi connectivity index (χ0n) is 11.7. The summed E-state index contributed by atoms with van der Waals surface area (Å²) >= 11 is 0. The van der Waals surface area contributed by atoms with E-state index in [1.807, 2.05) is 20.8 Å². The second kappa shape index (κ2) is 5.72. The summed E-state index contributed by atoms with van der Waals surface area (Å²) in [5, 5.41) is 5.74. The number of anilines is 1. The molecule has 0 spiro atoms. The minimum absolute atomic E-state index is 0.421. The molecule has 0 bridgehead atoms. The highest BCUT2D eigenvalue weighted by Gasteiger charge is 2.15. The Balaban J connectivity index is 1.79. The summed E-state index contributed by atoms with van der Waals surface area (Å²) in [7, 11) is 0. The molecular weight excluding hydrogens is 260 g/mol. The molecule has 0 aromatic carbocycles. The van der Waals surface area contributed by atoms with Crippen LogP contribution < -0.4 is 10.6 Å². The van der Waals surface area contributed by atoms with Gasteiger partial charge in [-0.05, 0) is 20.8 Å². The average Bonchev–Trinajstić information content (AvgIpc) is 2.81. The van der Waals surface area contributed by atoms with Crippen LogP contribution in [-0.2, 0) is 4.74 Å². The number of imidazole rings is 1. The van der Waals surface area contributed by atoms with Gasteiger partial charge in [-0.3, -0.25) is 0 Å². The van der Waals surface area contributed by atoms with Crippen molar-refractivity contribution in [3.63, 3.8) is 0 Å². The number of fused-ring (bicyclic) bond motifs is 1. The van der Waals surface area contributed by atoms with E-state index in [0.717, 1.165) is 0 Å². The lowest BCUT2D eigenvalue weighted by Gasteiger charge is -2.19. The summed E-state index contributed by atoms with van der Waals surface area (Å²) in [5.41, 5.74) is 0.845. The highest BCUT2D eigenvalue weighted by atomic mass is 16.6. The molecule has 0 aliphatic heterocycles. The summed E-state index contributed by atoms with van der Waals surface area (Å²) in [6.45, 7) is 6.39. The molecule has 2 aromatic heterocycles. The van der Waals surface area contributed by atoms with Crippen molar-refractivity contribution in [2.24, 2.45) is 0 Å². The first-order chi connectivity index (χ1) is 9.46. The van der Waals surface area contributed by atoms with E-state index in [1.165, 1.54) is 6.33 Å². The number of nitrogens with one attached hydrogen (secondary N) is 3. The van der Waals surface area contributed by atoms with E-state index in [4.69, 9.17) is 4.74 Å². The maximum absolute atomic E-state index is 11.4. The zero-order chi connectivity index (χ0) is 14.6. The molecule has 2 rings (SSSR count). The standard InChI is InChI=1S/C12H18N6O2/c1-12(2,3)20-11(19)14-5-4-13-9-8-10(16-6-15-8)18-7-17-9/h6-7H,4-5H2,1-3H3,(H,14,19)(H2,13,15,16,17,18). The van der Waals surface area contributed by atoms with Gasteiger partial charge in [0.2, 0.25) is 0 Å². The molecule has 3 N–H and O–H groups in total. The van der Waals surface area contributed by atoms with E-state index in [1.54, 1.807) is 6.33 Å². The Kier molecular flexibility index (Phi) is 4.02. The van der Waals surface area contributed by atoms with E-state index in [0.29, 0.717) is 30.1 Å². The van der Waals surface area contributed by atoms with Crippen molar-refractivity contribution >= 4 is 23.1 Å². The number of rotatable bonds is 4. The number of nitrogens with zero attached hydrogens (tertiary/aromatic N) is 3. The Morgan fingerprint density at radius 2 is 2.10 bits per heavy atom. The van der Waals surface area contributed by atoms with Crippen LogP contribution in [0.1, 0.15) is 20.8 Å². The molecule has 0 saturated heterocycles. The van der Waals surface area contributed by atoms with Crippen molar-refractivity contribution in [2.45, 2.75) is 26.4 Å². The molecule has 8 nitrogen and oxygen atoms in total. The van der Waals surface area contributed by atoms with Crippen molar-refractivity contribution in [3.8, 4) is 0 Å². The molecule has 2 heterocycles. The highest BCUT2D eigenvalue weighted by molar-refractivity contribution is 5.81. The van der Waals surface area contributed by atoms with Crippen LogP contribution in [-0.4, -0.2) is 44.7 Å². The molecule has 0 saturated carbocycles. The maximum atomic E-state index is 11.4. The lowest BCUT2D eigenvalue weighted by Crippen LogP contribution is -2.35. The lowest BCUT2D eigenvalue weighted by atomic mass is 10.2. The van der Waals surface area contributed by atoms with Gasteiger partial charge in [0.15, 0.2) is 11.5 Å². The van der Waals surface area contributed by atoms with Crippen LogP contribution in [0, 0.1) is 0 Å². The summed E-state index contributed by atoms with van der Waals surface area (Å²) in [4.78, 5) is 26.6. The van der Waals surface area contributed by atoms with Gasteiger partial charge in [-0.2, -0.15) is 0 Å². The maximum Gasteiger partial charge on any atom is 0.407 e. The number of H-pyrrole nitrogens is 1. The third-order valence-corrected chi connectivity index (χ3v) is 2.30. The van der Waals surface area contributed by atoms with Gasteiger partial charge in [-0.15, -0.1) is 0 Å². The monoisotopic (exact) mass is 278 g/mol. The van der Waals surface area contributed by atoms with Gasteiger partial charge in [-0.1, -0.05) is 0 Å². The van der Waals surface area contributed by atoms with Gasteiger partial charge in [0, 0.05) is 13.1 Å². The van der Waals surface area contributed by atoms with E-state index in [2.05, 4.69) is 30.6 Å². The number of carbonyl (C=O) groups is 1. The fourth-order valence-electron chi connectivity index (χ4n) is 1.55. The van der Waals surface area contributed by atoms with Crippen LogP contribution in [0.4, 0.5) is 10.6 Å². The minimum Gasteiger partial charge on any atom is -0.444 e. The smallest absolute Gasteiger partial charge is 0.407 e. The molecule has 0 aliphatic rings. The van der Waals surface area contributed by atoms with Gasteiger partial charge in [0.05, 0.1) is 6.33 Å². The molecule has 1 amide bonds. The third-order valence-electron chi connectivity index (χ3n) is 2.30. The Hall–Kier alpha value is -2.38. The minimum atomic E-state index is -0.495. The molecule has 0 atom stereocenters. The number of amides is 1. The quantitative estimate of drug-likeness (QED) is 0.728. The van der Waals surface area contributed by atoms with Crippen molar-refractivity contribution in [2.75, 3.05) is 18.4 Å². The number of ether oxygens (including phenoxy) is 1. The van der Waals surface area contributed by atoms with E-state index in [-0.39, 0.29) is 0 Å². The molecular formula is C12H18N6O2. The highest BCUT2D eigenvalue weighted by Crippen LogP contribution is 2.13. The summed E-state index contributed by atoms with van der Waals surface area (Å²) in [6.07, 6.45) is 2.57.